The van der Waals surface area contributed by atoms with E-state index < -0.39 is 0 Å². The number of imidazole rings is 2. The van der Waals surface area contributed by atoms with Crippen LogP contribution in [0.15, 0.2) is 109 Å². The van der Waals surface area contributed by atoms with E-state index in [0.717, 1.165) is 81.9 Å². The molecule has 0 N–H and O–H groups in total. The number of benzene rings is 3. The van der Waals surface area contributed by atoms with Gasteiger partial charge in [0.1, 0.15) is 11.4 Å². The zero-order valence-electron chi connectivity index (χ0n) is 20.9. The molecule has 0 atom stereocenters. The van der Waals surface area contributed by atoms with Crippen molar-refractivity contribution in [1.82, 2.24) is 29.1 Å². The fourth-order valence-corrected chi connectivity index (χ4v) is 5.22. The van der Waals surface area contributed by atoms with Gasteiger partial charge in [0.15, 0.2) is 11.6 Å². The fraction of sp³-hybridized carbons (Fsp3) is 0.125. The Morgan fingerprint density at radius 3 is 1.71 bits per heavy atom. The lowest BCUT2D eigenvalue weighted by atomic mass is 10.2. The first-order valence-electron chi connectivity index (χ1n) is 13.0. The van der Waals surface area contributed by atoms with E-state index in [1.165, 1.54) is 0 Å². The molecule has 0 fully saturated rings. The quantitative estimate of drug-likeness (QED) is 0.221. The van der Waals surface area contributed by atoms with Gasteiger partial charge in [0.2, 0.25) is 0 Å². The Bertz CT molecular complexity index is 1880. The minimum Gasteiger partial charge on any atom is -0.323 e. The second kappa shape index (κ2) is 9.56. The van der Waals surface area contributed by atoms with Crippen molar-refractivity contribution in [1.29, 1.82) is 0 Å². The summed E-state index contributed by atoms with van der Waals surface area (Å²) in [4.78, 5) is 19.4. The first-order chi connectivity index (χ1) is 18.8. The summed E-state index contributed by atoms with van der Waals surface area (Å²) in [7, 11) is 0. The predicted octanol–water partition coefficient (Wildman–Crippen LogP) is 7.14. The molecular weight excluding hydrogens is 468 g/mol. The molecule has 0 saturated carbocycles. The van der Waals surface area contributed by atoms with Gasteiger partial charge >= 0.3 is 0 Å². The Kier molecular flexibility index (Phi) is 5.62. The summed E-state index contributed by atoms with van der Waals surface area (Å²) < 4.78 is 4.62. The van der Waals surface area contributed by atoms with Crippen LogP contribution in [0.2, 0.25) is 0 Å². The first-order valence-corrected chi connectivity index (χ1v) is 13.0. The summed E-state index contributed by atoms with van der Waals surface area (Å²) in [5.41, 5.74) is 7.06. The van der Waals surface area contributed by atoms with E-state index >= 15 is 0 Å². The van der Waals surface area contributed by atoms with Gasteiger partial charge in [0, 0.05) is 24.7 Å². The highest BCUT2D eigenvalue weighted by atomic mass is 15.1. The molecule has 6 nitrogen and oxygen atoms in total. The molecule has 0 radical (unpaired) electrons. The highest BCUT2D eigenvalue weighted by molar-refractivity contribution is 5.84. The number of hydrogen-bond acceptors (Lipinski definition) is 4. The molecule has 7 rings (SSSR count). The lowest BCUT2D eigenvalue weighted by Crippen LogP contribution is -2.05. The van der Waals surface area contributed by atoms with Crippen molar-refractivity contribution in [2.75, 3.05) is 0 Å². The van der Waals surface area contributed by atoms with Crippen LogP contribution in [0.1, 0.15) is 12.8 Å². The lowest BCUT2D eigenvalue weighted by Gasteiger charge is -2.12. The summed E-state index contributed by atoms with van der Waals surface area (Å²) >= 11 is 0. The topological polar surface area (TPSA) is 61.4 Å². The molecule has 0 amide bonds. The van der Waals surface area contributed by atoms with Crippen LogP contribution >= 0.6 is 0 Å². The molecule has 184 valence electrons. The number of nitrogens with zero attached hydrogens (tertiary/aromatic N) is 6. The van der Waals surface area contributed by atoms with Crippen LogP contribution in [0.25, 0.3) is 56.0 Å². The zero-order chi connectivity index (χ0) is 25.3. The van der Waals surface area contributed by atoms with E-state index in [9.17, 15) is 0 Å². The summed E-state index contributed by atoms with van der Waals surface area (Å²) in [6.07, 6.45) is 3.82. The molecule has 0 aliphatic rings. The Morgan fingerprint density at radius 1 is 0.474 bits per heavy atom. The molecule has 0 unspecified atom stereocenters. The van der Waals surface area contributed by atoms with Crippen LogP contribution in [-0.2, 0) is 13.1 Å². The van der Waals surface area contributed by atoms with E-state index in [0.29, 0.717) is 0 Å². The van der Waals surface area contributed by atoms with Crippen LogP contribution in [0.5, 0.6) is 0 Å². The smallest absolute Gasteiger partial charge is 0.159 e. The molecule has 4 heterocycles. The number of pyridine rings is 2. The van der Waals surface area contributed by atoms with Crippen molar-refractivity contribution in [3.63, 3.8) is 0 Å². The summed E-state index contributed by atoms with van der Waals surface area (Å²) in [6, 6.07) is 35.1. The molecule has 38 heavy (non-hydrogen) atoms. The van der Waals surface area contributed by atoms with Gasteiger partial charge in [-0.1, -0.05) is 54.6 Å². The third-order valence-corrected chi connectivity index (χ3v) is 7.04. The molecule has 0 aliphatic heterocycles. The normalized spacial score (nSPS) is 11.6. The summed E-state index contributed by atoms with van der Waals surface area (Å²) in [5, 5.41) is 1.13. The second-order valence-corrected chi connectivity index (χ2v) is 9.46. The summed E-state index contributed by atoms with van der Waals surface area (Å²) in [5.74, 6) is 1.83. The Balaban J connectivity index is 1.18. The van der Waals surface area contributed by atoms with Crippen molar-refractivity contribution < 1.29 is 0 Å². The predicted molar refractivity (Wildman–Crippen MR) is 153 cm³/mol. The van der Waals surface area contributed by atoms with E-state index in [2.05, 4.69) is 74.8 Å². The van der Waals surface area contributed by atoms with Crippen molar-refractivity contribution in [3.8, 4) is 23.0 Å². The molecule has 0 spiro atoms. The van der Waals surface area contributed by atoms with E-state index in [1.807, 2.05) is 48.7 Å². The number of aromatic nitrogens is 6. The molecule has 6 heteroatoms. The van der Waals surface area contributed by atoms with Gasteiger partial charge in [-0.25, -0.2) is 15.0 Å². The average molecular weight is 495 g/mol. The van der Waals surface area contributed by atoms with Gasteiger partial charge in [-0.15, -0.1) is 0 Å². The highest BCUT2D eigenvalue weighted by Gasteiger charge is 2.15. The Labute approximate surface area is 220 Å². The number of para-hydroxylation sites is 5. The van der Waals surface area contributed by atoms with Crippen molar-refractivity contribution in [2.24, 2.45) is 0 Å². The molecule has 0 bridgehead atoms. The van der Waals surface area contributed by atoms with Gasteiger partial charge in [-0.3, -0.25) is 4.98 Å². The average Bonchev–Trinajstić information content (AvgIpc) is 3.54. The molecule has 7 aromatic rings. The minimum atomic E-state index is 0.857. The summed E-state index contributed by atoms with van der Waals surface area (Å²) in [6.45, 7) is 1.72. The Morgan fingerprint density at radius 2 is 1.05 bits per heavy atom. The number of hydrogen-bond donors (Lipinski definition) is 0. The molecule has 3 aromatic carbocycles. The van der Waals surface area contributed by atoms with Gasteiger partial charge in [-0.05, 0) is 61.4 Å². The Hall–Kier alpha value is -4.84. The minimum absolute atomic E-state index is 0.857. The van der Waals surface area contributed by atoms with Crippen LogP contribution in [0, 0.1) is 0 Å². The SMILES string of the molecule is c1ccc(-c2nc3ccccc3n2CCCCn2c(-c3ccc4ccccc4n3)nc3ccccc32)nc1. The molecular formula is C32H26N6. The van der Waals surface area contributed by atoms with Crippen molar-refractivity contribution >= 4 is 33.0 Å². The maximum Gasteiger partial charge on any atom is 0.159 e. The van der Waals surface area contributed by atoms with Crippen molar-refractivity contribution in [2.45, 2.75) is 25.9 Å². The van der Waals surface area contributed by atoms with Crippen molar-refractivity contribution in [3.05, 3.63) is 109 Å². The number of aryl methyl sites for hydroxylation is 2. The third-order valence-electron chi connectivity index (χ3n) is 7.04. The van der Waals surface area contributed by atoms with Gasteiger partial charge in [0.05, 0.1) is 27.6 Å². The monoisotopic (exact) mass is 494 g/mol. The maximum atomic E-state index is 4.99. The number of unbranched alkanes of at least 4 members (excludes halogenated alkanes) is 1. The number of fused-ring (bicyclic) bond motifs is 3. The van der Waals surface area contributed by atoms with E-state index in [1.54, 1.807) is 0 Å². The second-order valence-electron chi connectivity index (χ2n) is 9.46. The van der Waals surface area contributed by atoms with E-state index in [4.69, 9.17) is 15.0 Å². The molecule has 0 saturated heterocycles. The standard InChI is InChI=1S/C32H26N6/c1-2-12-24-23(11-1)18-19-28(34-24)32-36-26-14-4-6-17-30(26)38(32)22-10-9-21-37-29-16-5-3-13-25(29)35-31(37)27-15-7-8-20-33-27/h1-8,11-20H,9-10,21-22H2. The molecule has 0 aliphatic carbocycles. The van der Waals surface area contributed by atoms with Gasteiger partial charge in [-0.2, -0.15) is 0 Å². The highest BCUT2D eigenvalue weighted by Crippen LogP contribution is 2.27. The van der Waals surface area contributed by atoms with Gasteiger partial charge in [0.25, 0.3) is 0 Å². The third kappa shape index (κ3) is 4.00. The van der Waals surface area contributed by atoms with E-state index in [-0.39, 0.29) is 0 Å². The largest absolute Gasteiger partial charge is 0.323 e. The number of rotatable bonds is 7. The van der Waals surface area contributed by atoms with Gasteiger partial charge < -0.3 is 9.13 Å². The zero-order valence-corrected chi connectivity index (χ0v) is 20.9. The fourth-order valence-electron chi connectivity index (χ4n) is 5.22. The molecule has 4 aromatic heterocycles. The van der Waals surface area contributed by atoms with Crippen LogP contribution in [0.3, 0.4) is 0 Å². The van der Waals surface area contributed by atoms with Crippen LogP contribution in [-0.4, -0.2) is 29.1 Å². The first kappa shape index (κ1) is 22.4. The van der Waals surface area contributed by atoms with Crippen LogP contribution < -0.4 is 0 Å². The maximum absolute atomic E-state index is 4.99. The lowest BCUT2D eigenvalue weighted by molar-refractivity contribution is 0.570. The van der Waals surface area contributed by atoms with Crippen LogP contribution in [0.4, 0.5) is 0 Å².